The molecule has 120 heavy (non-hydrogen) atoms. The van der Waals surface area contributed by atoms with Crippen LogP contribution in [-0.2, 0) is 74.7 Å². The molecule has 6 aromatic carbocycles. The number of aryl methyl sites for hydroxylation is 9. The van der Waals surface area contributed by atoms with Gasteiger partial charge in [-0.25, -0.2) is 0 Å². The standard InChI is InChI=1S/C23H20NS.C22H18NS.C21H16NS.3C13H24O2.3Ir/c1-14-8-15(2)10-18(9-14)20-12-21-19(13-24-20)11-22(25-21)23-16(3)6-5-7-17(23)4;1-14-4-6-17(7-5-14)21-11-19-13-23-20(12-22(19)24-21)18-9-15(2)8-16(3)10-18;1-14-8-15(2)10-17(9-14)19-12-21-18(13-22-19)11-20(23-21)16-6-4-3-5-7-16;3*1-5-10(6-2)12(14)9-13(15)11(7-3)8-4;;;/h5-9,11-13H,1-4H3;4-9,11-13H,1-3H3;3-9,11-13H,1-2H3;3*9-11,14H,5-8H2,1-4H3;;;/q3*-1;;;;;;. The average Bonchev–Trinajstić information content (AvgIpc) is 1.64. The Bertz CT molecular complexity index is 5110. The Balaban J connectivity index is 0.000000306. The number of fused-ring (bicyclic) bond motifs is 3. The topological polar surface area (TPSA) is 151 Å². The Morgan fingerprint density at radius 3 is 0.883 bits per heavy atom. The SMILES string of the molecule is CCC(CC)C(=O)C=C(O)C(CC)CC.CCC(CC)C(=O)C=C(O)C(CC)CC.CCC(CC)C(=O)C=C(O)C(CC)CC.Cc1[c-]c(-c2cc3sc(-c4c(C)cccc4C)cc3cn2)cc(C)c1.Cc1[c-]c(-c2cc3sc(-c4ccc(C)cc4)cc3cn2)cc(C)c1.Cc1[c-]c(-c2cc3sc(-c4ccccc4)cc3cn2)cc(C)c1.[Ir].[Ir].[Ir]. The van der Waals surface area contributed by atoms with Crippen molar-refractivity contribution in [3.8, 4) is 65.1 Å². The molecule has 0 saturated carbocycles. The average molecular weight is 2200 g/mol. The quantitative estimate of drug-likeness (QED) is 0.0260. The number of thiophene rings is 3. The van der Waals surface area contributed by atoms with Crippen molar-refractivity contribution in [2.75, 3.05) is 0 Å². The van der Waals surface area contributed by atoms with Gasteiger partial charge in [0.25, 0.3) is 0 Å². The molecule has 12 rings (SSSR count). The molecule has 0 amide bonds. The van der Waals surface area contributed by atoms with Crippen molar-refractivity contribution < 1.29 is 90.0 Å². The van der Waals surface area contributed by atoms with Gasteiger partial charge in [0.1, 0.15) is 0 Å². The molecule has 0 saturated heterocycles. The number of rotatable bonds is 27. The first-order chi connectivity index (χ1) is 56.1. The summed E-state index contributed by atoms with van der Waals surface area (Å²) in [5.74, 6) is 1.64. The Kier molecular flexibility index (Phi) is 45.9. The van der Waals surface area contributed by atoms with E-state index in [0.29, 0.717) is 0 Å². The van der Waals surface area contributed by atoms with E-state index in [2.05, 4.69) is 235 Å². The summed E-state index contributed by atoms with van der Waals surface area (Å²) in [4.78, 5) is 53.0. The number of aliphatic hydroxyl groups excluding tert-OH is 3. The van der Waals surface area contributed by atoms with Crippen LogP contribution in [0.25, 0.3) is 95.4 Å². The fourth-order valence-electron chi connectivity index (χ4n) is 14.6. The van der Waals surface area contributed by atoms with E-state index < -0.39 is 0 Å². The first-order valence-electron chi connectivity index (χ1n) is 42.3. The molecule has 3 radical (unpaired) electrons. The van der Waals surface area contributed by atoms with Crippen LogP contribution >= 0.6 is 34.0 Å². The predicted molar refractivity (Wildman–Crippen MR) is 502 cm³/mol. The van der Waals surface area contributed by atoms with Crippen molar-refractivity contribution in [2.24, 2.45) is 35.5 Å². The number of aromatic nitrogens is 3. The van der Waals surface area contributed by atoms with Crippen LogP contribution < -0.4 is 0 Å². The van der Waals surface area contributed by atoms with E-state index in [4.69, 9.17) is 0 Å². The minimum Gasteiger partial charge on any atom is -0.512 e. The van der Waals surface area contributed by atoms with E-state index in [1.54, 1.807) is 0 Å². The van der Waals surface area contributed by atoms with E-state index in [9.17, 15) is 29.7 Å². The summed E-state index contributed by atoms with van der Waals surface area (Å²) in [7, 11) is 0. The summed E-state index contributed by atoms with van der Waals surface area (Å²) in [6, 6.07) is 62.1. The van der Waals surface area contributed by atoms with Crippen LogP contribution in [0.3, 0.4) is 0 Å². The van der Waals surface area contributed by atoms with Crippen LogP contribution in [-0.4, -0.2) is 47.6 Å². The molecule has 645 valence electrons. The molecular weight excluding hydrogens is 2070 g/mol. The maximum absolute atomic E-state index is 11.7. The number of carbonyl (C=O) groups is 3. The number of allylic oxidation sites excluding steroid dienone is 6. The number of hydrogen-bond acceptors (Lipinski definition) is 12. The molecule has 0 fully saturated rings. The van der Waals surface area contributed by atoms with E-state index in [1.165, 1.54) is 113 Å². The molecule has 6 aromatic heterocycles. The monoisotopic (exact) mass is 2200 g/mol. The molecule has 0 aliphatic rings. The van der Waals surface area contributed by atoms with Gasteiger partial charge in [0.15, 0.2) is 17.3 Å². The molecule has 15 heteroatoms. The van der Waals surface area contributed by atoms with Crippen molar-refractivity contribution in [3.63, 3.8) is 0 Å². The van der Waals surface area contributed by atoms with Gasteiger partial charge in [-0.1, -0.05) is 221 Å². The minimum atomic E-state index is 0. The molecule has 12 aromatic rings. The summed E-state index contributed by atoms with van der Waals surface area (Å²) in [5.41, 5.74) is 21.2. The van der Waals surface area contributed by atoms with Crippen LogP contribution in [0.15, 0.2) is 200 Å². The Morgan fingerprint density at radius 1 is 0.325 bits per heavy atom. The number of ketones is 3. The second kappa shape index (κ2) is 52.6. The summed E-state index contributed by atoms with van der Waals surface area (Å²) in [6.45, 7) is 43.3. The zero-order valence-corrected chi connectivity index (χ0v) is 84.0. The maximum Gasteiger partial charge on any atom is 0.162 e. The molecule has 0 unspecified atom stereocenters. The number of aliphatic hydroxyl groups is 3. The van der Waals surface area contributed by atoms with E-state index >= 15 is 0 Å². The molecule has 0 aliphatic heterocycles. The Labute approximate surface area is 770 Å². The van der Waals surface area contributed by atoms with Crippen molar-refractivity contribution in [1.82, 2.24) is 15.0 Å². The first kappa shape index (κ1) is 105. The molecule has 3 N–H and O–H groups in total. The molecule has 0 spiro atoms. The number of pyridine rings is 3. The van der Waals surface area contributed by atoms with Gasteiger partial charge < -0.3 is 30.3 Å². The molecule has 0 atom stereocenters. The Hall–Kier alpha value is -7.77. The third kappa shape index (κ3) is 30.6. The van der Waals surface area contributed by atoms with Gasteiger partial charge >= 0.3 is 0 Å². The largest absolute Gasteiger partial charge is 0.512 e. The van der Waals surface area contributed by atoms with Crippen molar-refractivity contribution in [1.29, 1.82) is 0 Å². The maximum atomic E-state index is 11.7. The first-order valence-corrected chi connectivity index (χ1v) is 44.8. The van der Waals surface area contributed by atoms with Crippen LogP contribution in [0.4, 0.5) is 0 Å². The number of benzene rings is 6. The molecule has 0 bridgehead atoms. The van der Waals surface area contributed by atoms with Gasteiger partial charge in [-0.15, -0.1) is 139 Å². The minimum absolute atomic E-state index is 0. The second-order valence-corrected chi connectivity index (χ2v) is 34.2. The van der Waals surface area contributed by atoms with E-state index in [-0.39, 0.29) is 130 Å². The van der Waals surface area contributed by atoms with E-state index in [0.717, 1.165) is 128 Å². The summed E-state index contributed by atoms with van der Waals surface area (Å²) < 4.78 is 3.81. The zero-order valence-electron chi connectivity index (χ0n) is 74.4. The van der Waals surface area contributed by atoms with Crippen LogP contribution in [0.2, 0.25) is 0 Å². The molecule has 9 nitrogen and oxygen atoms in total. The summed E-state index contributed by atoms with van der Waals surface area (Å²) in [5, 5.41) is 32.9. The van der Waals surface area contributed by atoms with Crippen LogP contribution in [0.5, 0.6) is 0 Å². The van der Waals surface area contributed by atoms with Crippen LogP contribution in [0, 0.1) is 116 Å². The predicted octanol–water partition coefficient (Wildman–Crippen LogP) is 30.7. The van der Waals surface area contributed by atoms with Gasteiger partial charge in [0, 0.05) is 178 Å². The van der Waals surface area contributed by atoms with Gasteiger partial charge in [0.05, 0.1) is 17.3 Å². The zero-order chi connectivity index (χ0) is 85.6. The third-order valence-corrected chi connectivity index (χ3v) is 25.3. The molecule has 6 heterocycles. The number of carbonyl (C=O) groups excluding carboxylic acids is 3. The third-order valence-electron chi connectivity index (χ3n) is 21.8. The summed E-state index contributed by atoms with van der Waals surface area (Å²) in [6.07, 6.45) is 20.7. The van der Waals surface area contributed by atoms with Crippen molar-refractivity contribution in [3.05, 3.63) is 268 Å². The fraction of sp³-hybridized carbons (Fsp3) is 0.371. The Morgan fingerprint density at radius 2 is 0.600 bits per heavy atom. The normalized spacial score (nSPS) is 11.4. The second-order valence-electron chi connectivity index (χ2n) is 30.9. The van der Waals surface area contributed by atoms with Crippen LogP contribution in [0.1, 0.15) is 210 Å². The van der Waals surface area contributed by atoms with Gasteiger partial charge in [-0.05, 0) is 161 Å². The van der Waals surface area contributed by atoms with Crippen molar-refractivity contribution in [2.45, 2.75) is 222 Å². The van der Waals surface area contributed by atoms with E-state index in [1.807, 2.05) is 142 Å². The van der Waals surface area contributed by atoms with Crippen molar-refractivity contribution >= 4 is 81.6 Å². The van der Waals surface area contributed by atoms with Gasteiger partial charge in [-0.2, -0.15) is 0 Å². The number of hydrogen-bond donors (Lipinski definition) is 3. The van der Waals surface area contributed by atoms with Gasteiger partial charge in [-0.3, -0.25) is 14.4 Å². The molecular formula is C105H126Ir3N3O6S3-3. The van der Waals surface area contributed by atoms with Gasteiger partial charge in [0.2, 0.25) is 0 Å². The fourth-order valence-corrected chi connectivity index (χ4v) is 18.0. The number of nitrogens with zero attached hydrogens (tertiary/aromatic N) is 3. The summed E-state index contributed by atoms with van der Waals surface area (Å²) >= 11 is 5.48. The molecule has 0 aliphatic carbocycles. The smallest absolute Gasteiger partial charge is 0.162 e.